The number of amides is 1. The van der Waals surface area contributed by atoms with Gasteiger partial charge in [0.15, 0.2) is 0 Å². The van der Waals surface area contributed by atoms with Crippen LogP contribution in [-0.4, -0.2) is 29.7 Å². The largest absolute Gasteiger partial charge is 0.497 e. The fourth-order valence-corrected chi connectivity index (χ4v) is 2.23. The highest BCUT2D eigenvalue weighted by molar-refractivity contribution is 6.01. The van der Waals surface area contributed by atoms with Crippen molar-refractivity contribution in [2.75, 3.05) is 19.0 Å². The Balaban J connectivity index is 1.67. The second-order valence-electron chi connectivity index (χ2n) is 4.79. The molecule has 1 saturated heterocycles. The SMILES string of the molecule is COc1ccc(NC(=O)c2noc(C3CCCN3)n2)cc1. The molecule has 1 amide bonds. The summed E-state index contributed by atoms with van der Waals surface area (Å²) in [5, 5.41) is 9.69. The minimum atomic E-state index is -0.395. The van der Waals surface area contributed by atoms with Crippen LogP contribution in [0.3, 0.4) is 0 Å². The molecule has 1 aliphatic rings. The van der Waals surface area contributed by atoms with E-state index in [0.29, 0.717) is 11.6 Å². The quantitative estimate of drug-likeness (QED) is 0.891. The molecule has 3 rings (SSSR count). The van der Waals surface area contributed by atoms with Crippen LogP contribution in [-0.2, 0) is 0 Å². The normalized spacial score (nSPS) is 17.7. The van der Waals surface area contributed by atoms with Gasteiger partial charge >= 0.3 is 0 Å². The molecule has 0 aliphatic carbocycles. The standard InChI is InChI=1S/C14H16N4O3/c1-20-10-6-4-9(5-7-10)16-13(19)12-17-14(21-18-12)11-3-2-8-15-11/h4-7,11,15H,2-3,8H2,1H3,(H,16,19). The Kier molecular flexibility index (Phi) is 3.83. The van der Waals surface area contributed by atoms with Crippen molar-refractivity contribution in [3.05, 3.63) is 36.0 Å². The highest BCUT2D eigenvalue weighted by atomic mass is 16.5. The number of carbonyl (C=O) groups excluding carboxylic acids is 1. The summed E-state index contributed by atoms with van der Waals surface area (Å²) in [5.74, 6) is 0.831. The zero-order valence-electron chi connectivity index (χ0n) is 11.6. The van der Waals surface area contributed by atoms with Gasteiger partial charge in [0.25, 0.3) is 11.7 Å². The summed E-state index contributed by atoms with van der Waals surface area (Å²) < 4.78 is 10.2. The second-order valence-corrected chi connectivity index (χ2v) is 4.79. The molecule has 1 atom stereocenters. The van der Waals surface area contributed by atoms with Crippen molar-refractivity contribution in [2.45, 2.75) is 18.9 Å². The Morgan fingerprint density at radius 2 is 2.24 bits per heavy atom. The van der Waals surface area contributed by atoms with Gasteiger partial charge in [0.05, 0.1) is 13.2 Å². The molecule has 1 fully saturated rings. The van der Waals surface area contributed by atoms with E-state index in [0.717, 1.165) is 25.1 Å². The summed E-state index contributed by atoms with van der Waals surface area (Å²) in [5.41, 5.74) is 0.645. The minimum absolute atomic E-state index is 0.0366. The van der Waals surface area contributed by atoms with Gasteiger partial charge in [-0.3, -0.25) is 4.79 Å². The topological polar surface area (TPSA) is 89.3 Å². The lowest BCUT2D eigenvalue weighted by atomic mass is 10.2. The first-order valence-electron chi connectivity index (χ1n) is 6.78. The van der Waals surface area contributed by atoms with Crippen molar-refractivity contribution in [3.8, 4) is 5.75 Å². The molecule has 7 heteroatoms. The smallest absolute Gasteiger partial charge is 0.297 e. The molecule has 110 valence electrons. The number of ether oxygens (including phenoxy) is 1. The van der Waals surface area contributed by atoms with Gasteiger partial charge in [-0.15, -0.1) is 0 Å². The molecule has 2 N–H and O–H groups in total. The number of rotatable bonds is 4. The molecule has 7 nitrogen and oxygen atoms in total. The van der Waals surface area contributed by atoms with Gasteiger partial charge in [-0.25, -0.2) is 0 Å². The van der Waals surface area contributed by atoms with E-state index in [1.807, 2.05) is 0 Å². The molecular weight excluding hydrogens is 272 g/mol. The van der Waals surface area contributed by atoms with E-state index in [4.69, 9.17) is 9.26 Å². The second kappa shape index (κ2) is 5.92. The molecule has 0 saturated carbocycles. The Morgan fingerprint density at radius 3 is 2.90 bits per heavy atom. The molecule has 2 aromatic rings. The third-order valence-corrected chi connectivity index (χ3v) is 3.35. The third kappa shape index (κ3) is 3.03. The van der Waals surface area contributed by atoms with Gasteiger partial charge in [0.2, 0.25) is 5.89 Å². The molecule has 1 aromatic heterocycles. The van der Waals surface area contributed by atoms with Crippen LogP contribution in [0.4, 0.5) is 5.69 Å². The van der Waals surface area contributed by atoms with Crippen LogP contribution in [0.5, 0.6) is 5.75 Å². The van der Waals surface area contributed by atoms with Crippen LogP contribution in [0.2, 0.25) is 0 Å². The first kappa shape index (κ1) is 13.6. The van der Waals surface area contributed by atoms with Crippen molar-refractivity contribution < 1.29 is 14.1 Å². The van der Waals surface area contributed by atoms with E-state index < -0.39 is 5.91 Å². The first-order valence-corrected chi connectivity index (χ1v) is 6.78. The van der Waals surface area contributed by atoms with E-state index in [-0.39, 0.29) is 11.9 Å². The average Bonchev–Trinajstić information content (AvgIpc) is 3.19. The van der Waals surface area contributed by atoms with Crippen molar-refractivity contribution in [1.82, 2.24) is 15.5 Å². The average molecular weight is 288 g/mol. The first-order chi connectivity index (χ1) is 10.3. The molecule has 2 heterocycles. The lowest BCUT2D eigenvalue weighted by Crippen LogP contribution is -2.15. The number of hydrogen-bond donors (Lipinski definition) is 2. The fourth-order valence-electron chi connectivity index (χ4n) is 2.23. The summed E-state index contributed by atoms with van der Waals surface area (Å²) in [6.07, 6.45) is 2.02. The van der Waals surface area contributed by atoms with Gasteiger partial charge in [0, 0.05) is 5.69 Å². The molecule has 0 bridgehead atoms. The van der Waals surface area contributed by atoms with Gasteiger partial charge in [-0.1, -0.05) is 5.16 Å². The predicted octanol–water partition coefficient (Wildman–Crippen LogP) is 1.75. The summed E-state index contributed by atoms with van der Waals surface area (Å²) in [6.45, 7) is 0.931. The lowest BCUT2D eigenvalue weighted by Gasteiger charge is -2.04. The zero-order valence-corrected chi connectivity index (χ0v) is 11.6. The molecule has 0 spiro atoms. The molecule has 1 aromatic carbocycles. The Labute approximate surface area is 121 Å². The van der Waals surface area contributed by atoms with Crippen LogP contribution in [0.1, 0.15) is 35.4 Å². The van der Waals surface area contributed by atoms with Crippen LogP contribution in [0.15, 0.2) is 28.8 Å². The van der Waals surface area contributed by atoms with Crippen LogP contribution < -0.4 is 15.4 Å². The Bertz CT molecular complexity index is 617. The maximum absolute atomic E-state index is 12.0. The van der Waals surface area contributed by atoms with E-state index in [1.54, 1.807) is 31.4 Å². The number of nitrogens with one attached hydrogen (secondary N) is 2. The molecule has 0 radical (unpaired) electrons. The van der Waals surface area contributed by atoms with E-state index in [9.17, 15) is 4.79 Å². The van der Waals surface area contributed by atoms with Crippen molar-refractivity contribution in [2.24, 2.45) is 0 Å². The predicted molar refractivity (Wildman–Crippen MR) is 75.2 cm³/mol. The van der Waals surface area contributed by atoms with Gasteiger partial charge in [-0.05, 0) is 43.7 Å². The number of carbonyl (C=O) groups is 1. The monoisotopic (exact) mass is 288 g/mol. The van der Waals surface area contributed by atoms with E-state index >= 15 is 0 Å². The van der Waals surface area contributed by atoms with Crippen molar-refractivity contribution in [3.63, 3.8) is 0 Å². The van der Waals surface area contributed by atoms with Gasteiger partial charge < -0.3 is 19.9 Å². The number of hydrogen-bond acceptors (Lipinski definition) is 6. The summed E-state index contributed by atoms with van der Waals surface area (Å²) in [4.78, 5) is 16.2. The number of nitrogens with zero attached hydrogens (tertiary/aromatic N) is 2. The minimum Gasteiger partial charge on any atom is -0.497 e. The van der Waals surface area contributed by atoms with Crippen LogP contribution in [0.25, 0.3) is 0 Å². The Morgan fingerprint density at radius 1 is 1.43 bits per heavy atom. The lowest BCUT2D eigenvalue weighted by molar-refractivity contribution is 0.101. The van der Waals surface area contributed by atoms with Crippen LogP contribution in [0, 0.1) is 0 Å². The molecular formula is C14H16N4O3. The number of aromatic nitrogens is 2. The van der Waals surface area contributed by atoms with Gasteiger partial charge in [0.1, 0.15) is 5.75 Å². The maximum Gasteiger partial charge on any atom is 0.297 e. The zero-order chi connectivity index (χ0) is 14.7. The summed E-state index contributed by atoms with van der Waals surface area (Å²) in [7, 11) is 1.59. The summed E-state index contributed by atoms with van der Waals surface area (Å²) >= 11 is 0. The Hall–Kier alpha value is -2.41. The summed E-state index contributed by atoms with van der Waals surface area (Å²) in [6, 6.07) is 7.08. The van der Waals surface area contributed by atoms with Gasteiger partial charge in [-0.2, -0.15) is 4.98 Å². The van der Waals surface area contributed by atoms with Crippen molar-refractivity contribution in [1.29, 1.82) is 0 Å². The number of anilines is 1. The highest BCUT2D eigenvalue weighted by Crippen LogP contribution is 2.21. The maximum atomic E-state index is 12.0. The number of benzene rings is 1. The molecule has 1 aliphatic heterocycles. The highest BCUT2D eigenvalue weighted by Gasteiger charge is 2.24. The van der Waals surface area contributed by atoms with E-state index in [1.165, 1.54) is 0 Å². The van der Waals surface area contributed by atoms with Crippen LogP contribution >= 0.6 is 0 Å². The third-order valence-electron chi connectivity index (χ3n) is 3.35. The number of methoxy groups -OCH3 is 1. The molecule has 21 heavy (non-hydrogen) atoms. The molecule has 1 unspecified atom stereocenters. The van der Waals surface area contributed by atoms with E-state index in [2.05, 4.69) is 20.8 Å². The van der Waals surface area contributed by atoms with Crippen molar-refractivity contribution >= 4 is 11.6 Å². The fraction of sp³-hybridized carbons (Fsp3) is 0.357.